The number of alkyl halides is 3. The molecule has 3 N–H and O–H groups in total. The zero-order valence-electron chi connectivity index (χ0n) is 8.51. The minimum atomic E-state index is -5.12. The van der Waals surface area contributed by atoms with Gasteiger partial charge in [-0.3, -0.25) is 0 Å². The highest BCUT2D eigenvalue weighted by Crippen LogP contribution is 2.30. The van der Waals surface area contributed by atoms with Gasteiger partial charge in [-0.25, -0.2) is 13.2 Å². The average molecular weight is 296 g/mol. The van der Waals surface area contributed by atoms with Crippen molar-refractivity contribution in [1.29, 1.82) is 0 Å². The van der Waals surface area contributed by atoms with Gasteiger partial charge in [0.2, 0.25) is 0 Å². The van der Waals surface area contributed by atoms with Gasteiger partial charge in [0.15, 0.2) is 17.7 Å². The highest BCUT2D eigenvalue weighted by Gasteiger charge is 2.43. The molecule has 18 heavy (non-hydrogen) atoms. The molecule has 1 aromatic carbocycles. The van der Waals surface area contributed by atoms with Gasteiger partial charge in [0, 0.05) is 11.6 Å². The topological polar surface area (TPSA) is 46.2 Å². The van der Waals surface area contributed by atoms with Crippen molar-refractivity contribution in [2.75, 3.05) is 0 Å². The predicted octanol–water partition coefficient (Wildman–Crippen LogP) is 2.45. The molecule has 0 amide bonds. The maximum absolute atomic E-state index is 13.1. The second-order valence-electron chi connectivity index (χ2n) is 3.30. The fourth-order valence-electron chi connectivity index (χ4n) is 1.19. The Hall–Kier alpha value is -0.990. The first-order valence-electron chi connectivity index (χ1n) is 4.29. The van der Waals surface area contributed by atoms with E-state index in [0.29, 0.717) is 6.07 Å². The van der Waals surface area contributed by atoms with E-state index in [-0.39, 0.29) is 18.5 Å². The Balaban J connectivity index is 0.00000289. The second kappa shape index (κ2) is 5.77. The first-order chi connectivity index (χ1) is 7.64. The number of hydrogen-bond acceptors (Lipinski definition) is 2. The SMILES string of the molecule is Cl.N[C@@H](c1cc(F)cc(F)c1F)[C@H](O)C(F)(F)F. The first-order valence-corrected chi connectivity index (χ1v) is 4.29. The summed E-state index contributed by atoms with van der Waals surface area (Å²) in [6, 6.07) is -1.84. The molecule has 2 atom stereocenters. The van der Waals surface area contributed by atoms with Crippen LogP contribution in [0.4, 0.5) is 26.3 Å². The fourth-order valence-corrected chi connectivity index (χ4v) is 1.19. The maximum atomic E-state index is 13.1. The molecule has 0 aliphatic rings. The van der Waals surface area contributed by atoms with Gasteiger partial charge in [0.25, 0.3) is 0 Å². The maximum Gasteiger partial charge on any atom is 0.416 e. The molecule has 0 radical (unpaired) electrons. The van der Waals surface area contributed by atoms with Crippen LogP contribution in [0.25, 0.3) is 0 Å². The average Bonchev–Trinajstić information content (AvgIpc) is 2.20. The van der Waals surface area contributed by atoms with Crippen LogP contribution < -0.4 is 5.73 Å². The molecule has 0 fully saturated rings. The van der Waals surface area contributed by atoms with Gasteiger partial charge in [-0.2, -0.15) is 13.2 Å². The number of nitrogens with two attached hydrogens (primary N) is 1. The van der Waals surface area contributed by atoms with Crippen LogP contribution in [0.5, 0.6) is 0 Å². The van der Waals surface area contributed by atoms with Crippen molar-refractivity contribution in [2.24, 2.45) is 5.73 Å². The number of benzene rings is 1. The Morgan fingerprint density at radius 1 is 1.11 bits per heavy atom. The van der Waals surface area contributed by atoms with E-state index in [1.54, 1.807) is 0 Å². The molecule has 0 saturated heterocycles. The summed E-state index contributed by atoms with van der Waals surface area (Å²) in [5, 5.41) is 8.75. The lowest BCUT2D eigenvalue weighted by Crippen LogP contribution is -2.39. The van der Waals surface area contributed by atoms with Crippen molar-refractivity contribution in [3.8, 4) is 0 Å². The summed E-state index contributed by atoms with van der Waals surface area (Å²) in [5.41, 5.74) is 3.84. The predicted molar refractivity (Wildman–Crippen MR) is 52.6 cm³/mol. The summed E-state index contributed by atoms with van der Waals surface area (Å²) >= 11 is 0. The van der Waals surface area contributed by atoms with Crippen LogP contribution in [0.2, 0.25) is 0 Å². The Bertz CT molecular complexity index is 424. The number of aliphatic hydroxyl groups excluding tert-OH is 1. The van der Waals surface area contributed by atoms with Crippen LogP contribution >= 0.6 is 12.4 Å². The number of aliphatic hydroxyl groups is 1. The van der Waals surface area contributed by atoms with Crippen molar-refractivity contribution in [2.45, 2.75) is 18.3 Å². The van der Waals surface area contributed by atoms with Gasteiger partial charge in [-0.15, -0.1) is 12.4 Å². The Kier molecular flexibility index (Phi) is 5.45. The van der Waals surface area contributed by atoms with Gasteiger partial charge < -0.3 is 10.8 Å². The van der Waals surface area contributed by atoms with Crippen LogP contribution in [0.1, 0.15) is 11.6 Å². The third kappa shape index (κ3) is 3.50. The molecular weight excluding hydrogens is 288 g/mol. The summed E-state index contributed by atoms with van der Waals surface area (Å²) in [6.45, 7) is 0. The standard InChI is InChI=1S/C9H7F6NO.ClH/c10-3-1-4(6(12)5(11)2-3)7(16)8(17)9(13,14)15;/h1-2,7-8,17H,16H2;1H/t7-,8-;/m0./s1. The zero-order valence-corrected chi connectivity index (χ0v) is 9.33. The lowest BCUT2D eigenvalue weighted by atomic mass is 10.0. The van der Waals surface area contributed by atoms with Crippen LogP contribution in [-0.4, -0.2) is 17.4 Å². The van der Waals surface area contributed by atoms with Gasteiger partial charge in [0.1, 0.15) is 5.82 Å². The van der Waals surface area contributed by atoms with Gasteiger partial charge in [0.05, 0.1) is 6.04 Å². The third-order valence-corrected chi connectivity index (χ3v) is 2.06. The van der Waals surface area contributed by atoms with Crippen LogP contribution in [-0.2, 0) is 0 Å². The second-order valence-corrected chi connectivity index (χ2v) is 3.30. The Morgan fingerprint density at radius 2 is 1.61 bits per heavy atom. The minimum Gasteiger partial charge on any atom is -0.382 e. The van der Waals surface area contributed by atoms with Crippen LogP contribution in [0.15, 0.2) is 12.1 Å². The van der Waals surface area contributed by atoms with Crippen molar-refractivity contribution in [3.05, 3.63) is 35.1 Å². The molecule has 104 valence electrons. The van der Waals surface area contributed by atoms with E-state index in [2.05, 4.69) is 0 Å². The normalized spacial score (nSPS) is 14.9. The summed E-state index contributed by atoms with van der Waals surface area (Å²) in [5.74, 6) is -4.68. The summed E-state index contributed by atoms with van der Waals surface area (Å²) < 4.78 is 74.7. The summed E-state index contributed by atoms with van der Waals surface area (Å²) in [7, 11) is 0. The van der Waals surface area contributed by atoms with Crippen molar-refractivity contribution in [3.63, 3.8) is 0 Å². The van der Waals surface area contributed by atoms with Crippen molar-refractivity contribution < 1.29 is 31.4 Å². The summed E-state index contributed by atoms with van der Waals surface area (Å²) in [6.07, 6.45) is -8.23. The Labute approximate surface area is 104 Å². The highest BCUT2D eigenvalue weighted by atomic mass is 35.5. The molecule has 1 rings (SSSR count). The van der Waals surface area contributed by atoms with E-state index in [1.165, 1.54) is 0 Å². The molecule has 0 unspecified atom stereocenters. The van der Waals surface area contributed by atoms with Gasteiger partial charge in [-0.05, 0) is 6.07 Å². The number of halogens is 7. The molecule has 0 aliphatic carbocycles. The lowest BCUT2D eigenvalue weighted by Gasteiger charge is -2.22. The largest absolute Gasteiger partial charge is 0.416 e. The quantitative estimate of drug-likeness (QED) is 0.650. The monoisotopic (exact) mass is 295 g/mol. The fraction of sp³-hybridized carbons (Fsp3) is 0.333. The van der Waals surface area contributed by atoms with Crippen molar-refractivity contribution in [1.82, 2.24) is 0 Å². The van der Waals surface area contributed by atoms with Gasteiger partial charge in [-0.1, -0.05) is 0 Å². The molecule has 0 aliphatic heterocycles. The van der Waals surface area contributed by atoms with E-state index in [9.17, 15) is 26.3 Å². The van der Waals surface area contributed by atoms with E-state index in [4.69, 9.17) is 10.8 Å². The minimum absolute atomic E-state index is 0. The van der Waals surface area contributed by atoms with E-state index in [1.807, 2.05) is 0 Å². The Morgan fingerprint density at radius 3 is 2.06 bits per heavy atom. The summed E-state index contributed by atoms with van der Waals surface area (Å²) in [4.78, 5) is 0. The van der Waals surface area contributed by atoms with E-state index < -0.39 is 41.3 Å². The smallest absolute Gasteiger partial charge is 0.382 e. The van der Waals surface area contributed by atoms with E-state index >= 15 is 0 Å². The molecular formula is C9H8ClF6NO. The molecule has 2 nitrogen and oxygen atoms in total. The van der Waals surface area contributed by atoms with Gasteiger partial charge >= 0.3 is 6.18 Å². The van der Waals surface area contributed by atoms with Crippen molar-refractivity contribution >= 4 is 12.4 Å². The van der Waals surface area contributed by atoms with E-state index in [0.717, 1.165) is 0 Å². The molecule has 9 heteroatoms. The third-order valence-electron chi connectivity index (χ3n) is 2.06. The zero-order chi connectivity index (χ0) is 13.4. The molecule has 0 bridgehead atoms. The molecule has 1 aromatic rings. The first kappa shape index (κ1) is 17.0. The van der Waals surface area contributed by atoms with Crippen LogP contribution in [0, 0.1) is 17.5 Å². The molecule has 0 heterocycles. The highest BCUT2D eigenvalue weighted by molar-refractivity contribution is 5.85. The molecule has 0 spiro atoms. The molecule has 0 aromatic heterocycles. The number of rotatable bonds is 2. The molecule has 0 saturated carbocycles. The van der Waals surface area contributed by atoms with Crippen LogP contribution in [0.3, 0.4) is 0 Å². The number of hydrogen-bond donors (Lipinski definition) is 2. The lowest BCUT2D eigenvalue weighted by molar-refractivity contribution is -0.210.